The van der Waals surface area contributed by atoms with Crippen LogP contribution >= 0.6 is 15.9 Å². The van der Waals surface area contributed by atoms with Crippen molar-refractivity contribution in [3.05, 3.63) is 33.8 Å². The quantitative estimate of drug-likeness (QED) is 0.606. The van der Waals surface area contributed by atoms with Crippen LogP contribution in [0.25, 0.3) is 0 Å². The van der Waals surface area contributed by atoms with Gasteiger partial charge < -0.3 is 5.11 Å². The Hall–Kier alpha value is -0.670. The van der Waals surface area contributed by atoms with Gasteiger partial charge in [0, 0.05) is 16.0 Å². The van der Waals surface area contributed by atoms with E-state index >= 15 is 0 Å². The normalized spacial score (nSPS) is 13.8. The Bertz CT molecular complexity index is 489. The number of carbonyl (C=O) groups excluding carboxylic acids is 1. The Morgan fingerprint density at radius 2 is 1.74 bits per heavy atom. The minimum absolute atomic E-state index is 0.106. The second-order valence-electron chi connectivity index (χ2n) is 6.76. The molecular weight excluding hydrogens is 352 g/mol. The van der Waals surface area contributed by atoms with Crippen LogP contribution in [0.3, 0.4) is 0 Å². The predicted molar refractivity (Wildman–Crippen MR) is 103 cm³/mol. The van der Waals surface area contributed by atoms with Crippen molar-refractivity contribution in [3.8, 4) is 0 Å². The van der Waals surface area contributed by atoms with Crippen LogP contribution in [-0.2, 0) is 6.42 Å². The number of hydrogen-bond acceptors (Lipinski definition) is 2. The van der Waals surface area contributed by atoms with Gasteiger partial charge in [-0.15, -0.1) is 0 Å². The Labute approximate surface area is 150 Å². The van der Waals surface area contributed by atoms with Crippen LogP contribution in [0.1, 0.15) is 77.2 Å². The van der Waals surface area contributed by atoms with Gasteiger partial charge in [0.1, 0.15) is 0 Å². The molecule has 0 bridgehead atoms. The van der Waals surface area contributed by atoms with Crippen LogP contribution in [0.5, 0.6) is 0 Å². The Balaban J connectivity index is 0.000000515. The van der Waals surface area contributed by atoms with E-state index in [0.717, 1.165) is 34.9 Å². The third-order valence-electron chi connectivity index (χ3n) is 4.61. The standard InChI is InChI=1S/C13H17BrO.C7H16O/c1-4-9(3)13(15)12-10(5-2)7-6-8-11(12)14;1-5-6(2)7(3,4)8/h6-9H,4-5H2,1-3H3;6,8H,5H2,1-4H3. The summed E-state index contributed by atoms with van der Waals surface area (Å²) >= 11 is 3.47. The summed E-state index contributed by atoms with van der Waals surface area (Å²) in [5, 5.41) is 9.29. The molecule has 2 atom stereocenters. The topological polar surface area (TPSA) is 37.3 Å². The molecule has 2 unspecified atom stereocenters. The first-order chi connectivity index (χ1) is 10.6. The molecule has 132 valence electrons. The summed E-state index contributed by atoms with van der Waals surface area (Å²) in [5.41, 5.74) is 1.51. The van der Waals surface area contributed by atoms with Gasteiger partial charge in [-0.25, -0.2) is 0 Å². The van der Waals surface area contributed by atoms with E-state index in [4.69, 9.17) is 0 Å². The van der Waals surface area contributed by atoms with Gasteiger partial charge in [0.25, 0.3) is 0 Å². The monoisotopic (exact) mass is 384 g/mol. The van der Waals surface area contributed by atoms with E-state index in [0.29, 0.717) is 5.92 Å². The van der Waals surface area contributed by atoms with Gasteiger partial charge in [-0.1, -0.05) is 69.1 Å². The van der Waals surface area contributed by atoms with Crippen LogP contribution in [0.4, 0.5) is 0 Å². The maximum Gasteiger partial charge on any atom is 0.167 e. The molecule has 0 saturated carbocycles. The summed E-state index contributed by atoms with van der Waals surface area (Å²) in [5.74, 6) is 0.762. The lowest BCUT2D eigenvalue weighted by Gasteiger charge is -2.23. The van der Waals surface area contributed by atoms with Crippen molar-refractivity contribution in [2.75, 3.05) is 0 Å². The fourth-order valence-electron chi connectivity index (χ4n) is 2.07. The minimum atomic E-state index is -0.491. The predicted octanol–water partition coefficient (Wildman–Crippen LogP) is 6.04. The lowest BCUT2D eigenvalue weighted by Crippen LogP contribution is -2.27. The van der Waals surface area contributed by atoms with E-state index in [1.807, 2.05) is 45.9 Å². The van der Waals surface area contributed by atoms with Gasteiger partial charge in [-0.05, 0) is 44.2 Å². The number of Topliss-reactive ketones (excluding diaryl/α,β-unsaturated/α-hetero) is 1. The Morgan fingerprint density at radius 1 is 1.17 bits per heavy atom. The zero-order chi connectivity index (χ0) is 18.2. The first-order valence-corrected chi connectivity index (χ1v) is 9.43. The highest BCUT2D eigenvalue weighted by atomic mass is 79.9. The molecule has 3 heteroatoms. The van der Waals surface area contributed by atoms with Crippen molar-refractivity contribution in [2.24, 2.45) is 11.8 Å². The zero-order valence-electron chi connectivity index (χ0n) is 15.7. The number of aryl methyl sites for hydroxylation is 1. The number of halogens is 1. The highest BCUT2D eigenvalue weighted by Crippen LogP contribution is 2.25. The molecule has 0 amide bonds. The van der Waals surface area contributed by atoms with Crippen molar-refractivity contribution < 1.29 is 9.90 Å². The van der Waals surface area contributed by atoms with E-state index < -0.39 is 5.60 Å². The van der Waals surface area contributed by atoms with Crippen LogP contribution in [0.2, 0.25) is 0 Å². The van der Waals surface area contributed by atoms with E-state index in [9.17, 15) is 9.90 Å². The molecule has 0 aromatic heterocycles. The molecular formula is C20H33BrO2. The highest BCUT2D eigenvalue weighted by molar-refractivity contribution is 9.10. The second kappa shape index (κ2) is 10.2. The third kappa shape index (κ3) is 7.17. The Kier molecular flexibility index (Phi) is 9.95. The average Bonchev–Trinajstić information content (AvgIpc) is 2.51. The maximum atomic E-state index is 12.1. The van der Waals surface area contributed by atoms with E-state index in [2.05, 4.69) is 36.7 Å². The molecule has 0 aliphatic heterocycles. The molecule has 1 rings (SSSR count). The van der Waals surface area contributed by atoms with Gasteiger partial charge in [0.15, 0.2) is 5.78 Å². The summed E-state index contributed by atoms with van der Waals surface area (Å²) in [6, 6.07) is 5.95. The molecule has 23 heavy (non-hydrogen) atoms. The molecule has 1 N–H and O–H groups in total. The molecule has 0 aliphatic carbocycles. The fourth-order valence-corrected chi connectivity index (χ4v) is 2.67. The number of ketones is 1. The number of hydrogen-bond donors (Lipinski definition) is 1. The zero-order valence-corrected chi connectivity index (χ0v) is 17.3. The van der Waals surface area contributed by atoms with Crippen molar-refractivity contribution in [2.45, 2.75) is 73.3 Å². The van der Waals surface area contributed by atoms with E-state index in [-0.39, 0.29) is 11.7 Å². The van der Waals surface area contributed by atoms with Gasteiger partial charge in [-0.3, -0.25) is 4.79 Å². The molecule has 0 aliphatic rings. The summed E-state index contributed by atoms with van der Waals surface area (Å²) < 4.78 is 0.923. The molecule has 1 aromatic rings. The number of rotatable bonds is 6. The van der Waals surface area contributed by atoms with Crippen molar-refractivity contribution in [3.63, 3.8) is 0 Å². The van der Waals surface area contributed by atoms with E-state index in [1.54, 1.807) is 0 Å². The molecule has 0 radical (unpaired) electrons. The van der Waals surface area contributed by atoms with E-state index in [1.165, 1.54) is 0 Å². The van der Waals surface area contributed by atoms with Crippen LogP contribution in [0.15, 0.2) is 22.7 Å². The molecule has 0 saturated heterocycles. The first-order valence-electron chi connectivity index (χ1n) is 8.63. The van der Waals surface area contributed by atoms with Crippen LogP contribution in [0, 0.1) is 11.8 Å². The van der Waals surface area contributed by atoms with Gasteiger partial charge in [0.2, 0.25) is 0 Å². The lowest BCUT2D eigenvalue weighted by molar-refractivity contribution is 0.0234. The largest absolute Gasteiger partial charge is 0.390 e. The van der Waals surface area contributed by atoms with Crippen molar-refractivity contribution in [1.82, 2.24) is 0 Å². The van der Waals surface area contributed by atoms with Gasteiger partial charge >= 0.3 is 0 Å². The smallest absolute Gasteiger partial charge is 0.167 e. The highest BCUT2D eigenvalue weighted by Gasteiger charge is 2.19. The van der Waals surface area contributed by atoms with Gasteiger partial charge in [0.05, 0.1) is 5.60 Å². The molecule has 0 fully saturated rings. The maximum absolute atomic E-state index is 12.1. The SMILES string of the molecule is CCC(C)C(C)(C)O.CCc1cccc(Br)c1C(=O)C(C)CC. The van der Waals surface area contributed by atoms with Crippen LogP contribution in [-0.4, -0.2) is 16.5 Å². The lowest BCUT2D eigenvalue weighted by atomic mass is 9.91. The number of benzene rings is 1. The summed E-state index contributed by atoms with van der Waals surface area (Å²) in [6.07, 6.45) is 2.84. The van der Waals surface area contributed by atoms with Gasteiger partial charge in [-0.2, -0.15) is 0 Å². The Morgan fingerprint density at radius 3 is 2.09 bits per heavy atom. The molecule has 0 heterocycles. The molecule has 2 nitrogen and oxygen atoms in total. The van der Waals surface area contributed by atoms with Crippen LogP contribution < -0.4 is 0 Å². The molecule has 0 spiro atoms. The van der Waals surface area contributed by atoms with Crippen molar-refractivity contribution >= 4 is 21.7 Å². The first kappa shape index (κ1) is 22.3. The van der Waals surface area contributed by atoms with Crippen molar-refractivity contribution in [1.29, 1.82) is 0 Å². The third-order valence-corrected chi connectivity index (χ3v) is 5.27. The number of carbonyl (C=O) groups is 1. The fraction of sp³-hybridized carbons (Fsp3) is 0.650. The second-order valence-corrected chi connectivity index (χ2v) is 7.62. The summed E-state index contributed by atoms with van der Waals surface area (Å²) in [7, 11) is 0. The number of aliphatic hydroxyl groups is 1. The summed E-state index contributed by atoms with van der Waals surface area (Å²) in [4.78, 5) is 12.1. The summed E-state index contributed by atoms with van der Waals surface area (Å²) in [6.45, 7) is 14.0. The molecule has 1 aromatic carbocycles. The minimum Gasteiger partial charge on any atom is -0.390 e. The average molecular weight is 385 g/mol.